The Morgan fingerprint density at radius 2 is 1.81 bits per heavy atom. The summed E-state index contributed by atoms with van der Waals surface area (Å²) in [5.41, 5.74) is 6.24. The number of primary amides is 1. The number of aromatic nitrogens is 3. The molecule has 3 aromatic carbocycles. The second kappa shape index (κ2) is 9.90. The van der Waals surface area contributed by atoms with Crippen molar-refractivity contribution in [2.45, 2.75) is 0 Å². The Bertz CT molecular complexity index is 1590. The predicted octanol–water partition coefficient (Wildman–Crippen LogP) is 2.55. The molecule has 0 bridgehead atoms. The normalized spacial score (nSPS) is 10.7. The number of hydrogen-bond donors (Lipinski definition) is 3. The highest BCUT2D eigenvalue weighted by molar-refractivity contribution is 6.49. The molecule has 0 aliphatic rings. The highest BCUT2D eigenvalue weighted by Gasteiger charge is 2.26. The van der Waals surface area contributed by atoms with Crippen molar-refractivity contribution in [3.8, 4) is 16.8 Å². The Hall–Kier alpha value is -5.06. The average Bonchev–Trinajstić information content (AvgIpc) is 3.25. The molecule has 0 aliphatic carbocycles. The Balaban J connectivity index is 1.70. The van der Waals surface area contributed by atoms with Crippen LogP contribution < -0.4 is 21.6 Å². The van der Waals surface area contributed by atoms with E-state index in [2.05, 4.69) is 10.4 Å². The minimum absolute atomic E-state index is 0.176. The number of halogens is 1. The van der Waals surface area contributed by atoms with Gasteiger partial charge >= 0.3 is 5.69 Å². The molecule has 2 amide bonds. The zero-order valence-corrected chi connectivity index (χ0v) is 20.3. The van der Waals surface area contributed by atoms with Crippen molar-refractivity contribution in [1.29, 1.82) is 5.41 Å². The number of anilines is 2. The molecule has 4 N–H and O–H groups in total. The number of carbonyl (C=O) groups excluding carboxylic acids is 2. The Labute approximate surface area is 211 Å². The average molecular weight is 502 g/mol. The lowest BCUT2D eigenvalue weighted by Crippen LogP contribution is -2.34. The summed E-state index contributed by atoms with van der Waals surface area (Å²) < 4.78 is 18.4. The quantitative estimate of drug-likeness (QED) is 0.334. The van der Waals surface area contributed by atoms with E-state index in [-0.39, 0.29) is 28.1 Å². The number of rotatable bonds is 7. The standard InChI is InChI=1S/C26H24FN7O3/c1-30-20-12-11-19(15-7-9-17(10-8-15)34-14-31-33(3)26(34)37)22(27)21(20)23(28)25(36)32(2)18-6-4-5-16(13-18)24(29)35/h4-14,28,30H,1-3H3,(H2,29,35). The minimum Gasteiger partial charge on any atom is -0.387 e. The fraction of sp³-hybridized carbons (Fsp3) is 0.115. The van der Waals surface area contributed by atoms with Gasteiger partial charge in [0.25, 0.3) is 5.91 Å². The molecule has 10 nitrogen and oxygen atoms in total. The molecule has 11 heteroatoms. The van der Waals surface area contributed by atoms with Crippen LogP contribution in [0.5, 0.6) is 0 Å². The van der Waals surface area contributed by atoms with E-state index in [1.54, 1.807) is 55.6 Å². The monoisotopic (exact) mass is 501 g/mol. The molecule has 4 rings (SSSR count). The third-order valence-corrected chi connectivity index (χ3v) is 5.98. The number of amides is 2. The zero-order chi connectivity index (χ0) is 26.9. The first-order valence-corrected chi connectivity index (χ1v) is 11.1. The summed E-state index contributed by atoms with van der Waals surface area (Å²) >= 11 is 0. The lowest BCUT2D eigenvalue weighted by molar-refractivity contribution is -0.112. The molecule has 1 aromatic heterocycles. The first-order valence-electron chi connectivity index (χ1n) is 11.1. The first-order chi connectivity index (χ1) is 17.6. The smallest absolute Gasteiger partial charge is 0.350 e. The maximum atomic E-state index is 15.9. The van der Waals surface area contributed by atoms with Crippen LogP contribution in [0.2, 0.25) is 0 Å². The minimum atomic E-state index is -0.777. The first kappa shape index (κ1) is 25.0. The lowest BCUT2D eigenvalue weighted by Gasteiger charge is -2.20. The number of nitrogens with two attached hydrogens (primary N) is 1. The summed E-state index contributed by atoms with van der Waals surface area (Å²) in [5.74, 6) is -2.19. The van der Waals surface area contributed by atoms with E-state index >= 15 is 4.39 Å². The van der Waals surface area contributed by atoms with Gasteiger partial charge in [-0.25, -0.2) is 18.4 Å². The Kier molecular flexibility index (Phi) is 6.70. The van der Waals surface area contributed by atoms with Crippen LogP contribution in [0.25, 0.3) is 16.8 Å². The fourth-order valence-electron chi connectivity index (χ4n) is 3.87. The van der Waals surface area contributed by atoms with E-state index < -0.39 is 23.3 Å². The van der Waals surface area contributed by atoms with Crippen molar-refractivity contribution in [1.82, 2.24) is 14.3 Å². The van der Waals surface area contributed by atoms with Crippen molar-refractivity contribution in [2.75, 3.05) is 24.3 Å². The van der Waals surface area contributed by atoms with E-state index in [0.717, 1.165) is 4.90 Å². The third kappa shape index (κ3) is 4.61. The van der Waals surface area contributed by atoms with Crippen molar-refractivity contribution in [3.05, 3.63) is 94.4 Å². The van der Waals surface area contributed by atoms with Gasteiger partial charge in [0.1, 0.15) is 17.9 Å². The van der Waals surface area contributed by atoms with Gasteiger partial charge < -0.3 is 16.0 Å². The molecule has 0 saturated heterocycles. The van der Waals surface area contributed by atoms with Crippen LogP contribution in [0, 0.1) is 11.2 Å². The summed E-state index contributed by atoms with van der Waals surface area (Å²) in [5, 5.41) is 15.3. The van der Waals surface area contributed by atoms with Crippen LogP contribution in [-0.2, 0) is 11.8 Å². The van der Waals surface area contributed by atoms with E-state index in [1.807, 2.05) is 0 Å². The summed E-state index contributed by atoms with van der Waals surface area (Å²) in [6.07, 6.45) is 1.39. The third-order valence-electron chi connectivity index (χ3n) is 5.98. The van der Waals surface area contributed by atoms with Crippen molar-refractivity contribution >= 4 is 28.9 Å². The number of nitrogens with one attached hydrogen (secondary N) is 2. The van der Waals surface area contributed by atoms with E-state index in [4.69, 9.17) is 11.1 Å². The number of likely N-dealkylation sites (N-methyl/N-ethyl adjacent to an activating group) is 1. The number of nitrogens with zero attached hydrogens (tertiary/aromatic N) is 4. The molecule has 0 aliphatic heterocycles. The van der Waals surface area contributed by atoms with E-state index in [1.165, 1.54) is 41.8 Å². The van der Waals surface area contributed by atoms with Crippen molar-refractivity contribution in [2.24, 2.45) is 12.8 Å². The lowest BCUT2D eigenvalue weighted by atomic mass is 9.97. The molecular formula is C26H24FN7O3. The summed E-state index contributed by atoms with van der Waals surface area (Å²) in [4.78, 5) is 38.0. The fourth-order valence-corrected chi connectivity index (χ4v) is 3.87. The van der Waals surface area contributed by atoms with Gasteiger partial charge in [0.2, 0.25) is 5.91 Å². The highest BCUT2D eigenvalue weighted by atomic mass is 19.1. The zero-order valence-electron chi connectivity index (χ0n) is 20.3. The molecule has 0 atom stereocenters. The van der Waals surface area contributed by atoms with E-state index in [0.29, 0.717) is 16.9 Å². The summed E-state index contributed by atoms with van der Waals surface area (Å²) in [6.45, 7) is 0. The second-order valence-electron chi connectivity index (χ2n) is 8.21. The molecule has 188 valence electrons. The molecular weight excluding hydrogens is 477 g/mol. The topological polar surface area (TPSA) is 139 Å². The van der Waals surface area contributed by atoms with Crippen molar-refractivity contribution < 1.29 is 14.0 Å². The molecule has 0 saturated carbocycles. The van der Waals surface area contributed by atoms with Crippen LogP contribution in [0.15, 0.2) is 71.8 Å². The molecule has 0 unspecified atom stereocenters. The maximum Gasteiger partial charge on any atom is 0.350 e. The van der Waals surface area contributed by atoms with Gasteiger partial charge in [0, 0.05) is 43.6 Å². The van der Waals surface area contributed by atoms with E-state index in [9.17, 15) is 14.4 Å². The molecule has 0 fully saturated rings. The number of hydrogen-bond acceptors (Lipinski definition) is 6. The van der Waals surface area contributed by atoms with Gasteiger partial charge in [-0.1, -0.05) is 18.2 Å². The maximum absolute atomic E-state index is 15.9. The van der Waals surface area contributed by atoms with Crippen molar-refractivity contribution in [3.63, 3.8) is 0 Å². The molecule has 1 heterocycles. The summed E-state index contributed by atoms with van der Waals surface area (Å²) in [6, 6.07) is 15.8. The Morgan fingerprint density at radius 3 is 2.41 bits per heavy atom. The molecule has 0 radical (unpaired) electrons. The predicted molar refractivity (Wildman–Crippen MR) is 139 cm³/mol. The number of benzene rings is 3. The SMILES string of the molecule is CNc1ccc(-c2ccc(-n3cnn(C)c3=O)cc2)c(F)c1C(=N)C(=O)N(C)c1cccc(C(N)=O)c1. The van der Waals surface area contributed by atoms with Crippen LogP contribution in [0.1, 0.15) is 15.9 Å². The van der Waals surface area contributed by atoms with Gasteiger partial charge in [-0.2, -0.15) is 5.10 Å². The van der Waals surface area contributed by atoms with Gasteiger partial charge in [-0.3, -0.25) is 15.0 Å². The largest absolute Gasteiger partial charge is 0.387 e. The second-order valence-corrected chi connectivity index (χ2v) is 8.21. The Morgan fingerprint density at radius 1 is 1.11 bits per heavy atom. The molecule has 4 aromatic rings. The molecule has 37 heavy (non-hydrogen) atoms. The number of carbonyl (C=O) groups is 2. The summed E-state index contributed by atoms with van der Waals surface area (Å²) in [7, 11) is 4.53. The van der Waals surface area contributed by atoms with Gasteiger partial charge in [0.05, 0.1) is 11.3 Å². The molecule has 0 spiro atoms. The van der Waals surface area contributed by atoms with Crippen LogP contribution in [-0.4, -0.2) is 46.0 Å². The van der Waals surface area contributed by atoms with Crippen LogP contribution in [0.4, 0.5) is 15.8 Å². The van der Waals surface area contributed by atoms with Crippen LogP contribution in [0.3, 0.4) is 0 Å². The number of aryl methyl sites for hydroxylation is 1. The van der Waals surface area contributed by atoms with Crippen LogP contribution >= 0.6 is 0 Å². The van der Waals surface area contributed by atoms with Gasteiger partial charge in [0.15, 0.2) is 0 Å². The highest BCUT2D eigenvalue weighted by Crippen LogP contribution is 2.31. The van der Waals surface area contributed by atoms with Gasteiger partial charge in [-0.15, -0.1) is 0 Å². The van der Waals surface area contributed by atoms with Gasteiger partial charge in [-0.05, 0) is 48.0 Å².